The highest BCUT2D eigenvalue weighted by atomic mass is 127. The summed E-state index contributed by atoms with van der Waals surface area (Å²) in [5.74, 6) is 0.860. The first-order valence-corrected chi connectivity index (χ1v) is 10.5. The van der Waals surface area contributed by atoms with Crippen molar-refractivity contribution in [2.24, 2.45) is 4.99 Å². The van der Waals surface area contributed by atoms with Gasteiger partial charge in [0.25, 0.3) is 0 Å². The minimum atomic E-state index is 0. The number of aryl methyl sites for hydroxylation is 2. The molecule has 28 heavy (non-hydrogen) atoms. The molecule has 1 aromatic carbocycles. The maximum atomic E-state index is 5.91. The molecule has 1 heterocycles. The van der Waals surface area contributed by atoms with Crippen LogP contribution in [0.25, 0.3) is 0 Å². The molecule has 0 saturated carbocycles. The van der Waals surface area contributed by atoms with E-state index in [1.807, 2.05) is 18.2 Å². The molecule has 0 spiro atoms. The zero-order chi connectivity index (χ0) is 19.5. The van der Waals surface area contributed by atoms with Gasteiger partial charge in [-0.15, -0.1) is 35.3 Å². The molecule has 2 rings (SSSR count). The third kappa shape index (κ3) is 8.87. The van der Waals surface area contributed by atoms with E-state index in [1.165, 1.54) is 15.4 Å². The number of aliphatic imine (C=N–C) groups is 1. The molecule has 2 N–H and O–H groups in total. The lowest BCUT2D eigenvalue weighted by Crippen LogP contribution is -2.38. The molecular formula is C21H33IN4OS. The summed E-state index contributed by atoms with van der Waals surface area (Å²) in [5, 5.41) is 7.86. The number of rotatable bonds is 10. The van der Waals surface area contributed by atoms with E-state index in [0.29, 0.717) is 6.61 Å². The van der Waals surface area contributed by atoms with Gasteiger partial charge in [0.15, 0.2) is 5.96 Å². The number of benzene rings is 1. The van der Waals surface area contributed by atoms with E-state index >= 15 is 0 Å². The van der Waals surface area contributed by atoms with Crippen LogP contribution in [0.2, 0.25) is 0 Å². The molecule has 0 radical (unpaired) electrons. The molecule has 5 nitrogen and oxygen atoms in total. The van der Waals surface area contributed by atoms with Gasteiger partial charge < -0.3 is 15.4 Å². The van der Waals surface area contributed by atoms with Crippen molar-refractivity contribution in [2.75, 3.05) is 26.2 Å². The topological polar surface area (TPSA) is 58.5 Å². The smallest absolute Gasteiger partial charge is 0.191 e. The second-order valence-electron chi connectivity index (χ2n) is 6.46. The fraction of sp³-hybridized carbons (Fsp3) is 0.524. The summed E-state index contributed by atoms with van der Waals surface area (Å²) in [6.45, 7) is 11.5. The maximum Gasteiger partial charge on any atom is 0.191 e. The second-order valence-corrected chi connectivity index (χ2v) is 7.75. The number of nitrogens with zero attached hydrogens (tertiary/aromatic N) is 2. The van der Waals surface area contributed by atoms with Crippen molar-refractivity contribution >= 4 is 41.3 Å². The Balaban J connectivity index is 0.00000392. The van der Waals surface area contributed by atoms with Crippen LogP contribution in [-0.2, 0) is 11.2 Å². The largest absolute Gasteiger partial charge is 0.374 e. The second kappa shape index (κ2) is 13.9. The predicted molar refractivity (Wildman–Crippen MR) is 130 cm³/mol. The normalized spacial score (nSPS) is 12.4. The highest BCUT2D eigenvalue weighted by Gasteiger charge is 2.05. The van der Waals surface area contributed by atoms with E-state index in [1.54, 1.807) is 11.3 Å². The molecule has 0 saturated heterocycles. The van der Waals surface area contributed by atoms with Gasteiger partial charge in [0.1, 0.15) is 0 Å². The number of hydrogen-bond donors (Lipinski definition) is 2. The SMILES string of the molecule is CCNC(=NCCCOC(C)c1ccccc1)NCCc1nc(C)c(C)s1.I. The number of thiazole rings is 1. The summed E-state index contributed by atoms with van der Waals surface area (Å²) in [6, 6.07) is 10.3. The van der Waals surface area contributed by atoms with Crippen LogP contribution in [0.5, 0.6) is 0 Å². The van der Waals surface area contributed by atoms with Gasteiger partial charge in [0, 0.05) is 37.5 Å². The fourth-order valence-corrected chi connectivity index (χ4v) is 3.54. The standard InChI is InChI=1S/C21H32N4OS.HI/c1-5-22-21(24-14-12-20-25-16(2)18(4)27-20)23-13-9-15-26-17(3)19-10-7-6-8-11-19;/h6-8,10-11,17H,5,9,12-15H2,1-4H3,(H2,22,23,24);1H. The average Bonchev–Trinajstić information content (AvgIpc) is 2.99. The van der Waals surface area contributed by atoms with E-state index in [9.17, 15) is 0 Å². The number of ether oxygens (including phenoxy) is 1. The third-order valence-corrected chi connectivity index (χ3v) is 5.39. The van der Waals surface area contributed by atoms with Gasteiger partial charge in [0.2, 0.25) is 0 Å². The van der Waals surface area contributed by atoms with Crippen LogP contribution < -0.4 is 10.6 Å². The van der Waals surface area contributed by atoms with Crippen LogP contribution in [0.15, 0.2) is 35.3 Å². The first-order valence-electron chi connectivity index (χ1n) is 9.71. The van der Waals surface area contributed by atoms with E-state index in [0.717, 1.165) is 44.1 Å². The van der Waals surface area contributed by atoms with Crippen molar-refractivity contribution < 1.29 is 4.74 Å². The summed E-state index contributed by atoms with van der Waals surface area (Å²) in [6.07, 6.45) is 1.94. The van der Waals surface area contributed by atoms with Crippen LogP contribution in [0.1, 0.15) is 47.5 Å². The monoisotopic (exact) mass is 516 g/mol. The number of aromatic nitrogens is 1. The van der Waals surface area contributed by atoms with Crippen molar-refractivity contribution in [3.05, 3.63) is 51.5 Å². The minimum Gasteiger partial charge on any atom is -0.374 e. The van der Waals surface area contributed by atoms with Crippen LogP contribution in [0.3, 0.4) is 0 Å². The van der Waals surface area contributed by atoms with Gasteiger partial charge in [-0.1, -0.05) is 30.3 Å². The lowest BCUT2D eigenvalue weighted by Gasteiger charge is -2.13. The zero-order valence-corrected chi connectivity index (χ0v) is 20.5. The van der Waals surface area contributed by atoms with Crippen molar-refractivity contribution in [3.63, 3.8) is 0 Å². The molecule has 1 aromatic heterocycles. The Bertz CT molecular complexity index is 686. The predicted octanol–water partition coefficient (Wildman–Crippen LogP) is 4.64. The van der Waals surface area contributed by atoms with Gasteiger partial charge in [-0.3, -0.25) is 4.99 Å². The Hall–Kier alpha value is -1.19. The van der Waals surface area contributed by atoms with E-state index < -0.39 is 0 Å². The molecule has 0 aliphatic heterocycles. The summed E-state index contributed by atoms with van der Waals surface area (Å²) in [5.41, 5.74) is 2.35. The lowest BCUT2D eigenvalue weighted by molar-refractivity contribution is 0.0652. The fourth-order valence-electron chi connectivity index (χ4n) is 2.61. The summed E-state index contributed by atoms with van der Waals surface area (Å²) < 4.78 is 5.91. The van der Waals surface area contributed by atoms with E-state index in [-0.39, 0.29) is 30.1 Å². The van der Waals surface area contributed by atoms with Gasteiger partial charge in [-0.05, 0) is 39.7 Å². The van der Waals surface area contributed by atoms with Gasteiger partial charge in [0.05, 0.1) is 16.8 Å². The van der Waals surface area contributed by atoms with Gasteiger partial charge in [-0.25, -0.2) is 4.98 Å². The number of halogens is 1. The summed E-state index contributed by atoms with van der Waals surface area (Å²) in [7, 11) is 0. The van der Waals surface area contributed by atoms with Gasteiger partial charge in [-0.2, -0.15) is 0 Å². The van der Waals surface area contributed by atoms with Crippen molar-refractivity contribution in [3.8, 4) is 0 Å². The highest BCUT2D eigenvalue weighted by Crippen LogP contribution is 2.17. The number of hydrogen-bond acceptors (Lipinski definition) is 4. The third-order valence-electron chi connectivity index (χ3n) is 4.26. The molecule has 0 fully saturated rings. The molecular weight excluding hydrogens is 483 g/mol. The van der Waals surface area contributed by atoms with Crippen LogP contribution in [-0.4, -0.2) is 37.2 Å². The number of guanidine groups is 1. The molecule has 0 aliphatic rings. The molecule has 156 valence electrons. The van der Waals surface area contributed by atoms with Crippen molar-refractivity contribution in [1.29, 1.82) is 0 Å². The molecule has 0 bridgehead atoms. The van der Waals surface area contributed by atoms with Gasteiger partial charge >= 0.3 is 0 Å². The Kier molecular flexibility index (Phi) is 12.3. The lowest BCUT2D eigenvalue weighted by atomic mass is 10.1. The molecule has 1 atom stereocenters. The first-order chi connectivity index (χ1) is 13.1. The quantitative estimate of drug-likeness (QED) is 0.209. The van der Waals surface area contributed by atoms with Crippen molar-refractivity contribution in [1.82, 2.24) is 15.6 Å². The van der Waals surface area contributed by atoms with E-state index in [2.05, 4.69) is 60.4 Å². The molecule has 2 aromatic rings. The molecule has 7 heteroatoms. The first kappa shape index (κ1) is 24.8. The van der Waals surface area contributed by atoms with Crippen LogP contribution in [0.4, 0.5) is 0 Å². The Morgan fingerprint density at radius 1 is 1.21 bits per heavy atom. The summed E-state index contributed by atoms with van der Waals surface area (Å²) >= 11 is 1.78. The molecule has 0 aliphatic carbocycles. The Morgan fingerprint density at radius 3 is 2.61 bits per heavy atom. The van der Waals surface area contributed by atoms with E-state index in [4.69, 9.17) is 4.74 Å². The Morgan fingerprint density at radius 2 is 1.96 bits per heavy atom. The number of nitrogens with one attached hydrogen (secondary N) is 2. The molecule has 0 amide bonds. The van der Waals surface area contributed by atoms with Crippen LogP contribution in [0, 0.1) is 13.8 Å². The summed E-state index contributed by atoms with van der Waals surface area (Å²) in [4.78, 5) is 10.5. The minimum absolute atomic E-state index is 0. The maximum absolute atomic E-state index is 5.91. The average molecular weight is 516 g/mol. The zero-order valence-electron chi connectivity index (χ0n) is 17.3. The van der Waals surface area contributed by atoms with Crippen molar-refractivity contribution in [2.45, 2.75) is 46.6 Å². The van der Waals surface area contributed by atoms with Crippen LogP contribution >= 0.6 is 35.3 Å². The molecule has 1 unspecified atom stereocenters. The highest BCUT2D eigenvalue weighted by molar-refractivity contribution is 14.0. The Labute approximate surface area is 190 Å².